The second kappa shape index (κ2) is 10.1. The van der Waals surface area contributed by atoms with Crippen LogP contribution < -0.4 is 0 Å². The number of para-hydroxylation sites is 3. The van der Waals surface area contributed by atoms with Crippen LogP contribution in [0.25, 0.3) is 81.6 Å². The Morgan fingerprint density at radius 1 is 0.591 bits per heavy atom. The van der Waals surface area contributed by atoms with E-state index in [9.17, 15) is 0 Å². The van der Waals surface area contributed by atoms with Gasteiger partial charge < -0.3 is 0 Å². The fraction of sp³-hybridized carbons (Fsp3) is 0.0500. The monoisotopic (exact) mass is 581 g/mol. The smallest absolute Gasteiger partial charge is 0.145 e. The van der Waals surface area contributed by atoms with Gasteiger partial charge in [-0.3, -0.25) is 4.57 Å². The lowest BCUT2D eigenvalue weighted by Gasteiger charge is -2.14. The zero-order valence-electron chi connectivity index (χ0n) is 23.9. The SMILES string of the molecule is C1=CC(n2c(-c3ccc(-c4cccc(-c5nc6ccccc6c6sc7ccccc7c56)c4)cc3)nc3ccccc32)=CCC1. The number of fused-ring (bicyclic) bond motifs is 6. The fourth-order valence-corrected chi connectivity index (χ4v) is 7.76. The Morgan fingerprint density at radius 2 is 1.34 bits per heavy atom. The number of pyridine rings is 1. The number of aromatic nitrogens is 3. The highest BCUT2D eigenvalue weighted by Gasteiger charge is 2.18. The zero-order valence-corrected chi connectivity index (χ0v) is 24.8. The van der Waals surface area contributed by atoms with Crippen LogP contribution in [0, 0.1) is 0 Å². The summed E-state index contributed by atoms with van der Waals surface area (Å²) in [5, 5.41) is 3.72. The van der Waals surface area contributed by atoms with Gasteiger partial charge in [0.1, 0.15) is 5.82 Å². The van der Waals surface area contributed by atoms with Gasteiger partial charge in [0.2, 0.25) is 0 Å². The molecule has 0 aliphatic heterocycles. The number of hydrogen-bond donors (Lipinski definition) is 0. The van der Waals surface area contributed by atoms with Crippen LogP contribution in [0.5, 0.6) is 0 Å². The Hall–Kier alpha value is -5.32. The maximum Gasteiger partial charge on any atom is 0.145 e. The minimum absolute atomic E-state index is 0.969. The Kier molecular flexibility index (Phi) is 5.81. The van der Waals surface area contributed by atoms with E-state index in [2.05, 4.69) is 144 Å². The van der Waals surface area contributed by atoms with E-state index < -0.39 is 0 Å². The minimum Gasteiger partial charge on any atom is -0.293 e. The van der Waals surface area contributed by atoms with Crippen molar-refractivity contribution in [3.8, 4) is 33.8 Å². The molecule has 4 heteroatoms. The van der Waals surface area contributed by atoms with Gasteiger partial charge in [0.15, 0.2) is 0 Å². The molecule has 0 saturated carbocycles. The zero-order chi connectivity index (χ0) is 29.0. The van der Waals surface area contributed by atoms with Crippen LogP contribution in [0.2, 0.25) is 0 Å². The van der Waals surface area contributed by atoms with Crippen LogP contribution in [-0.2, 0) is 0 Å². The van der Waals surface area contributed by atoms with Crippen molar-refractivity contribution >= 4 is 59.1 Å². The number of imidazole rings is 1. The van der Waals surface area contributed by atoms with Gasteiger partial charge in [-0.1, -0.05) is 103 Å². The second-order valence-electron chi connectivity index (χ2n) is 11.3. The summed E-state index contributed by atoms with van der Waals surface area (Å²) in [5.41, 5.74) is 9.96. The minimum atomic E-state index is 0.969. The lowest BCUT2D eigenvalue weighted by molar-refractivity contribution is 1.01. The Bertz CT molecular complexity index is 2440. The molecule has 0 spiro atoms. The predicted molar refractivity (Wildman–Crippen MR) is 187 cm³/mol. The van der Waals surface area contributed by atoms with Gasteiger partial charge in [-0.05, 0) is 60.4 Å². The molecule has 0 N–H and O–H groups in total. The predicted octanol–water partition coefficient (Wildman–Crippen LogP) is 11.1. The Balaban J connectivity index is 1.16. The Labute approximate surface area is 259 Å². The van der Waals surface area contributed by atoms with Crippen molar-refractivity contribution in [2.24, 2.45) is 0 Å². The molecule has 0 fully saturated rings. The first-order chi connectivity index (χ1) is 21.8. The van der Waals surface area contributed by atoms with E-state index in [-0.39, 0.29) is 0 Å². The first-order valence-electron chi connectivity index (χ1n) is 15.1. The highest BCUT2D eigenvalue weighted by Crippen LogP contribution is 2.43. The summed E-state index contributed by atoms with van der Waals surface area (Å²) in [5.74, 6) is 0.969. The average molecular weight is 582 g/mol. The standard InChI is InChI=1S/C40H27N3S/c1-2-13-30(14-3-1)43-35-19-8-7-18-34(35)42-40(43)27-23-21-26(22-24-27)28-11-10-12-29(25-28)38-37-32-16-5-9-20-36(32)44-39(37)31-15-4-6-17-33(31)41-38/h2,4-25H,1,3H2. The average Bonchev–Trinajstić information content (AvgIpc) is 3.68. The summed E-state index contributed by atoms with van der Waals surface area (Å²) in [6, 6.07) is 43.2. The highest BCUT2D eigenvalue weighted by molar-refractivity contribution is 7.26. The number of hydrogen-bond acceptors (Lipinski definition) is 3. The summed E-state index contributed by atoms with van der Waals surface area (Å²) >= 11 is 1.86. The molecule has 5 aromatic carbocycles. The van der Waals surface area contributed by atoms with E-state index in [1.54, 1.807) is 0 Å². The van der Waals surface area contributed by atoms with Crippen LogP contribution in [-0.4, -0.2) is 14.5 Å². The van der Waals surface area contributed by atoms with E-state index in [1.807, 2.05) is 11.3 Å². The second-order valence-corrected chi connectivity index (χ2v) is 12.4. The molecule has 0 saturated heterocycles. The molecular weight excluding hydrogens is 555 g/mol. The van der Waals surface area contributed by atoms with E-state index in [0.29, 0.717) is 0 Å². The molecule has 9 rings (SSSR count). The van der Waals surface area contributed by atoms with Gasteiger partial charge in [0.05, 0.1) is 22.2 Å². The van der Waals surface area contributed by atoms with Crippen molar-refractivity contribution < 1.29 is 0 Å². The summed E-state index contributed by atoms with van der Waals surface area (Å²) < 4.78 is 4.88. The van der Waals surface area contributed by atoms with Gasteiger partial charge in [0, 0.05) is 42.4 Å². The lowest BCUT2D eigenvalue weighted by atomic mass is 9.98. The topological polar surface area (TPSA) is 30.7 Å². The van der Waals surface area contributed by atoms with Crippen LogP contribution in [0.15, 0.2) is 140 Å². The molecule has 208 valence electrons. The highest BCUT2D eigenvalue weighted by atomic mass is 32.1. The molecule has 8 aromatic rings. The van der Waals surface area contributed by atoms with Gasteiger partial charge in [-0.2, -0.15) is 0 Å². The molecule has 0 radical (unpaired) electrons. The van der Waals surface area contributed by atoms with E-state index in [1.165, 1.54) is 42.4 Å². The molecule has 1 aliphatic carbocycles. The maximum atomic E-state index is 5.24. The molecule has 3 nitrogen and oxygen atoms in total. The molecule has 3 heterocycles. The summed E-state index contributed by atoms with van der Waals surface area (Å²) in [4.78, 5) is 10.3. The summed E-state index contributed by atoms with van der Waals surface area (Å²) in [6.07, 6.45) is 8.91. The third kappa shape index (κ3) is 4.03. The van der Waals surface area contributed by atoms with Crippen molar-refractivity contribution in [1.29, 1.82) is 0 Å². The Morgan fingerprint density at radius 3 is 2.20 bits per heavy atom. The van der Waals surface area contributed by atoms with Gasteiger partial charge in [-0.25, -0.2) is 9.97 Å². The van der Waals surface area contributed by atoms with E-state index in [4.69, 9.17) is 9.97 Å². The third-order valence-electron chi connectivity index (χ3n) is 8.62. The van der Waals surface area contributed by atoms with E-state index >= 15 is 0 Å². The van der Waals surface area contributed by atoms with Crippen LogP contribution in [0.1, 0.15) is 12.8 Å². The first-order valence-corrected chi connectivity index (χ1v) is 15.9. The molecule has 0 unspecified atom stereocenters. The fourth-order valence-electron chi connectivity index (χ4n) is 6.52. The van der Waals surface area contributed by atoms with Crippen molar-refractivity contribution in [3.05, 3.63) is 140 Å². The largest absolute Gasteiger partial charge is 0.293 e. The van der Waals surface area contributed by atoms with Gasteiger partial charge in [-0.15, -0.1) is 11.3 Å². The number of thiophene rings is 1. The molecular formula is C40H27N3S. The maximum absolute atomic E-state index is 5.24. The number of benzene rings is 5. The molecule has 0 atom stereocenters. The normalized spacial score (nSPS) is 13.3. The van der Waals surface area contributed by atoms with Crippen LogP contribution in [0.4, 0.5) is 0 Å². The lowest BCUT2D eigenvalue weighted by Crippen LogP contribution is -2.00. The number of allylic oxidation sites excluding steroid dienone is 4. The van der Waals surface area contributed by atoms with Gasteiger partial charge in [0.25, 0.3) is 0 Å². The molecule has 44 heavy (non-hydrogen) atoms. The van der Waals surface area contributed by atoms with Crippen molar-refractivity contribution in [1.82, 2.24) is 14.5 Å². The molecule has 3 aromatic heterocycles. The number of nitrogens with zero attached hydrogens (tertiary/aromatic N) is 3. The van der Waals surface area contributed by atoms with Crippen molar-refractivity contribution in [2.45, 2.75) is 12.8 Å². The third-order valence-corrected chi connectivity index (χ3v) is 9.82. The van der Waals surface area contributed by atoms with E-state index in [0.717, 1.165) is 52.0 Å². The van der Waals surface area contributed by atoms with Gasteiger partial charge >= 0.3 is 0 Å². The molecule has 1 aliphatic rings. The van der Waals surface area contributed by atoms with Crippen LogP contribution in [0.3, 0.4) is 0 Å². The summed E-state index contributed by atoms with van der Waals surface area (Å²) in [6.45, 7) is 0. The quantitative estimate of drug-likeness (QED) is 0.207. The molecule has 0 amide bonds. The summed E-state index contributed by atoms with van der Waals surface area (Å²) in [7, 11) is 0. The first kappa shape index (κ1) is 25.2. The van der Waals surface area contributed by atoms with Crippen LogP contribution >= 0.6 is 11.3 Å². The van der Waals surface area contributed by atoms with Crippen molar-refractivity contribution in [2.75, 3.05) is 0 Å². The van der Waals surface area contributed by atoms with Crippen molar-refractivity contribution in [3.63, 3.8) is 0 Å². The number of rotatable bonds is 4. The molecule has 0 bridgehead atoms.